The maximum absolute atomic E-state index is 13.3. The number of carbonyl (C=O) groups is 1. The van der Waals surface area contributed by atoms with Gasteiger partial charge in [0.25, 0.3) is 0 Å². The van der Waals surface area contributed by atoms with Gasteiger partial charge in [-0.05, 0) is 63.2 Å². The molecule has 2 saturated carbocycles. The zero-order chi connectivity index (χ0) is 18.1. The Hall–Kier alpha value is -1.20. The monoisotopic (exact) mass is 367 g/mol. The van der Waals surface area contributed by atoms with Crippen LogP contribution in [0.3, 0.4) is 0 Å². The lowest BCUT2D eigenvalue weighted by atomic mass is 9.77. The molecule has 0 spiro atoms. The highest BCUT2D eigenvalue weighted by atomic mass is 19.3. The van der Waals surface area contributed by atoms with Gasteiger partial charge < -0.3 is 10.6 Å². The van der Waals surface area contributed by atoms with Crippen LogP contribution < -0.4 is 10.6 Å². The van der Waals surface area contributed by atoms with Crippen molar-refractivity contribution in [3.63, 3.8) is 0 Å². The van der Waals surface area contributed by atoms with Gasteiger partial charge in [0, 0.05) is 37.8 Å². The van der Waals surface area contributed by atoms with Crippen molar-refractivity contribution in [2.45, 2.75) is 88.6 Å². The molecule has 0 bridgehead atoms. The second-order valence-corrected chi connectivity index (χ2v) is 8.94. The molecule has 2 aliphatic heterocycles. The third-order valence-electron chi connectivity index (χ3n) is 6.93. The number of hydrogen-bond acceptors (Lipinski definition) is 3. The summed E-state index contributed by atoms with van der Waals surface area (Å²) in [4.78, 5) is 16.9. The maximum Gasteiger partial charge on any atom is 0.248 e. The summed E-state index contributed by atoms with van der Waals surface area (Å²) in [6, 6.07) is 0.742. The molecule has 0 aromatic heterocycles. The van der Waals surface area contributed by atoms with E-state index in [2.05, 4.69) is 10.6 Å². The van der Waals surface area contributed by atoms with E-state index in [9.17, 15) is 13.6 Å². The highest BCUT2D eigenvalue weighted by Gasteiger charge is 2.39. The number of nitrogens with zero attached hydrogens (tertiary/aromatic N) is 1. The largest absolute Gasteiger partial charge is 0.369 e. The molecule has 3 fully saturated rings. The van der Waals surface area contributed by atoms with E-state index in [1.165, 1.54) is 0 Å². The maximum atomic E-state index is 13.3. The zero-order valence-electron chi connectivity index (χ0n) is 15.5. The Balaban J connectivity index is 1.25. The second kappa shape index (κ2) is 7.43. The Morgan fingerprint density at radius 2 is 1.88 bits per heavy atom. The number of fused-ring (bicyclic) bond motifs is 1. The van der Waals surface area contributed by atoms with Gasteiger partial charge in [-0.2, -0.15) is 0 Å². The molecule has 3 unspecified atom stereocenters. The highest BCUT2D eigenvalue weighted by Crippen LogP contribution is 2.39. The molecule has 0 radical (unpaired) electrons. The number of halogens is 2. The van der Waals surface area contributed by atoms with Gasteiger partial charge in [-0.15, -0.1) is 0 Å². The van der Waals surface area contributed by atoms with Crippen LogP contribution in [0.1, 0.15) is 70.6 Å². The second-order valence-electron chi connectivity index (χ2n) is 8.94. The van der Waals surface area contributed by atoms with Crippen LogP contribution in [-0.2, 0) is 4.79 Å². The van der Waals surface area contributed by atoms with Crippen LogP contribution in [0.4, 0.5) is 8.78 Å². The summed E-state index contributed by atoms with van der Waals surface area (Å²) in [5, 5.41) is 6.60. The minimum Gasteiger partial charge on any atom is -0.369 e. The lowest BCUT2D eigenvalue weighted by molar-refractivity contribution is -0.127. The summed E-state index contributed by atoms with van der Waals surface area (Å²) < 4.78 is 26.6. The minimum absolute atomic E-state index is 0.0311. The first-order valence-corrected chi connectivity index (χ1v) is 10.5. The molecule has 4 aliphatic rings. The predicted octanol–water partition coefficient (Wildman–Crippen LogP) is 3.66. The molecule has 2 N–H and O–H groups in total. The van der Waals surface area contributed by atoms with E-state index in [1.54, 1.807) is 0 Å². The molecule has 4 nitrogen and oxygen atoms in total. The number of hydrogen-bond donors (Lipinski definition) is 2. The smallest absolute Gasteiger partial charge is 0.248 e. The van der Waals surface area contributed by atoms with Crippen LogP contribution in [0.25, 0.3) is 0 Å². The van der Waals surface area contributed by atoms with Gasteiger partial charge >= 0.3 is 0 Å². The van der Waals surface area contributed by atoms with Crippen molar-refractivity contribution >= 4 is 11.7 Å². The predicted molar refractivity (Wildman–Crippen MR) is 97.4 cm³/mol. The molecule has 4 atom stereocenters. The Labute approximate surface area is 154 Å². The lowest BCUT2D eigenvalue weighted by Gasteiger charge is -2.33. The van der Waals surface area contributed by atoms with Crippen LogP contribution in [0, 0.1) is 17.8 Å². The fourth-order valence-electron chi connectivity index (χ4n) is 5.37. The Morgan fingerprint density at radius 3 is 2.65 bits per heavy atom. The quantitative estimate of drug-likeness (QED) is 0.797. The standard InChI is InChI=1S/C20H31F2N3O/c21-20(22)7-5-13(6-8-20)12-18-24-16-4-3-14(11-17(16)25-18)10-15-2-1-9-23-19(15)26/h13-17H,1-12H2,(H,23,26)(H,24,25)/t14?,15-,16?,17?/m1/s1. The van der Waals surface area contributed by atoms with Crippen LogP contribution in [-0.4, -0.2) is 36.3 Å². The summed E-state index contributed by atoms with van der Waals surface area (Å²) in [5.74, 6) is -0.0250. The van der Waals surface area contributed by atoms with Gasteiger partial charge in [-0.3, -0.25) is 9.79 Å². The van der Waals surface area contributed by atoms with Gasteiger partial charge in [0.15, 0.2) is 0 Å². The van der Waals surface area contributed by atoms with Gasteiger partial charge in [0.2, 0.25) is 11.8 Å². The van der Waals surface area contributed by atoms with Crippen molar-refractivity contribution < 1.29 is 13.6 Å². The Bertz CT molecular complexity index is 555. The van der Waals surface area contributed by atoms with Crippen LogP contribution in [0.5, 0.6) is 0 Å². The van der Waals surface area contributed by atoms with E-state index in [4.69, 9.17) is 4.99 Å². The number of carbonyl (C=O) groups excluding carboxylic acids is 1. The van der Waals surface area contributed by atoms with Crippen molar-refractivity contribution in [2.75, 3.05) is 6.54 Å². The zero-order valence-corrected chi connectivity index (χ0v) is 15.5. The summed E-state index contributed by atoms with van der Waals surface area (Å²) in [6.45, 7) is 0.830. The number of aliphatic imine (C=N–C) groups is 1. The number of alkyl halides is 2. The molecule has 26 heavy (non-hydrogen) atoms. The normalized spacial score (nSPS) is 37.5. The van der Waals surface area contributed by atoms with Crippen molar-refractivity contribution in [3.8, 4) is 0 Å². The molecule has 1 amide bonds. The van der Waals surface area contributed by atoms with Crippen molar-refractivity contribution in [1.29, 1.82) is 0 Å². The summed E-state index contributed by atoms with van der Waals surface area (Å²) in [6.07, 6.45) is 8.57. The van der Waals surface area contributed by atoms with Crippen molar-refractivity contribution in [2.24, 2.45) is 22.7 Å². The van der Waals surface area contributed by atoms with Crippen LogP contribution >= 0.6 is 0 Å². The number of rotatable bonds is 4. The first kappa shape index (κ1) is 18.2. The van der Waals surface area contributed by atoms with Crippen molar-refractivity contribution in [3.05, 3.63) is 0 Å². The van der Waals surface area contributed by atoms with Gasteiger partial charge in [-0.1, -0.05) is 0 Å². The molecule has 1 saturated heterocycles. The van der Waals surface area contributed by atoms with E-state index in [-0.39, 0.29) is 24.7 Å². The fourth-order valence-corrected chi connectivity index (χ4v) is 5.37. The molecule has 2 aliphatic carbocycles. The van der Waals surface area contributed by atoms with E-state index in [1.807, 2.05) is 0 Å². The van der Waals surface area contributed by atoms with Gasteiger partial charge in [-0.25, -0.2) is 8.78 Å². The first-order valence-electron chi connectivity index (χ1n) is 10.5. The van der Waals surface area contributed by atoms with E-state index in [0.29, 0.717) is 36.8 Å². The fraction of sp³-hybridized carbons (Fsp3) is 0.900. The first-order chi connectivity index (χ1) is 12.5. The van der Waals surface area contributed by atoms with Crippen molar-refractivity contribution in [1.82, 2.24) is 10.6 Å². The Kier molecular flexibility index (Phi) is 5.20. The van der Waals surface area contributed by atoms with Crippen LogP contribution in [0.2, 0.25) is 0 Å². The SMILES string of the molecule is O=C1NCCC[C@@H]1CC1CCC2N=C(CC3CCC(F)(F)CC3)NC2C1. The molecular formula is C20H31F2N3O. The number of piperidine rings is 1. The average Bonchev–Trinajstić information content (AvgIpc) is 3.00. The third kappa shape index (κ3) is 4.20. The number of amides is 1. The van der Waals surface area contributed by atoms with Gasteiger partial charge in [0.1, 0.15) is 0 Å². The average molecular weight is 367 g/mol. The third-order valence-corrected chi connectivity index (χ3v) is 6.93. The summed E-state index contributed by atoms with van der Waals surface area (Å²) in [5.41, 5.74) is 0. The van der Waals surface area contributed by atoms with E-state index in [0.717, 1.165) is 57.3 Å². The summed E-state index contributed by atoms with van der Waals surface area (Å²) >= 11 is 0. The molecule has 0 aromatic carbocycles. The Morgan fingerprint density at radius 1 is 1.08 bits per heavy atom. The van der Waals surface area contributed by atoms with E-state index >= 15 is 0 Å². The van der Waals surface area contributed by atoms with Crippen LogP contribution in [0.15, 0.2) is 4.99 Å². The molecule has 0 aromatic rings. The van der Waals surface area contributed by atoms with E-state index < -0.39 is 5.92 Å². The highest BCUT2D eigenvalue weighted by molar-refractivity contribution is 5.84. The molecule has 2 heterocycles. The van der Waals surface area contributed by atoms with Gasteiger partial charge in [0.05, 0.1) is 11.9 Å². The minimum atomic E-state index is -2.45. The number of amidine groups is 1. The lowest BCUT2D eigenvalue weighted by Crippen LogP contribution is -2.42. The number of nitrogens with one attached hydrogen (secondary N) is 2. The molecule has 146 valence electrons. The molecule has 4 rings (SSSR count). The molecular weight excluding hydrogens is 336 g/mol. The molecule has 6 heteroatoms. The topological polar surface area (TPSA) is 53.5 Å². The summed E-state index contributed by atoms with van der Waals surface area (Å²) in [7, 11) is 0.